The maximum absolute atomic E-state index is 13.5. The lowest BCUT2D eigenvalue weighted by atomic mass is 9.76. The summed E-state index contributed by atoms with van der Waals surface area (Å²) in [6.07, 6.45) is 5.40. The first kappa shape index (κ1) is 24.2. The summed E-state index contributed by atoms with van der Waals surface area (Å²) in [6.45, 7) is -0.232. The van der Waals surface area contributed by atoms with Gasteiger partial charge in [-0.1, -0.05) is 60.5 Å². The molecule has 3 aromatic rings. The summed E-state index contributed by atoms with van der Waals surface area (Å²) in [5.74, 6) is -2.66. The number of carbonyl (C=O) groups excluding carboxylic acids is 3. The third-order valence-corrected chi connectivity index (χ3v) is 7.36. The van der Waals surface area contributed by atoms with Crippen LogP contribution in [0.2, 0.25) is 0 Å². The first-order valence-electron chi connectivity index (χ1n) is 11.8. The molecule has 3 aromatic carbocycles. The number of hydrogen-bond acceptors (Lipinski definition) is 6. The molecule has 4 atom stereocenters. The van der Waals surface area contributed by atoms with Gasteiger partial charge in [0.15, 0.2) is 0 Å². The largest absolute Gasteiger partial charge is 0.480 e. The zero-order valence-corrected chi connectivity index (χ0v) is 20.0. The van der Waals surface area contributed by atoms with Gasteiger partial charge < -0.3 is 9.84 Å². The molecule has 0 aromatic heterocycles. The fourth-order valence-electron chi connectivity index (χ4n) is 5.65. The van der Waals surface area contributed by atoms with Crippen LogP contribution in [0, 0.1) is 24.2 Å². The summed E-state index contributed by atoms with van der Waals surface area (Å²) in [5.41, 5.74) is -0.156. The van der Waals surface area contributed by atoms with Gasteiger partial charge in [0, 0.05) is 12.5 Å². The number of benzene rings is 3. The molecular formula is C29H24N2O6. The number of ether oxygens (including phenoxy) is 1. The molecule has 2 aliphatic heterocycles. The number of amides is 2. The number of carboxylic acid groups (broad SMARTS) is 1. The van der Waals surface area contributed by atoms with Crippen molar-refractivity contribution in [1.82, 2.24) is 10.2 Å². The number of fused-ring (bicyclic) bond motifs is 2. The van der Waals surface area contributed by atoms with E-state index in [1.807, 2.05) is 42.5 Å². The first-order chi connectivity index (χ1) is 17.8. The summed E-state index contributed by atoms with van der Waals surface area (Å²) in [7, 11) is 1.27. The van der Waals surface area contributed by atoms with E-state index in [9.17, 15) is 24.3 Å². The summed E-state index contributed by atoms with van der Waals surface area (Å²) in [4.78, 5) is 52.8. The van der Waals surface area contributed by atoms with Crippen molar-refractivity contribution in [3.05, 3.63) is 83.4 Å². The molecule has 2 fully saturated rings. The van der Waals surface area contributed by atoms with Crippen molar-refractivity contribution in [2.24, 2.45) is 11.8 Å². The Balaban J connectivity index is 1.60. The monoisotopic (exact) mass is 496 g/mol. The molecule has 8 heteroatoms. The van der Waals surface area contributed by atoms with Gasteiger partial charge in [-0.25, -0.2) is 4.79 Å². The van der Waals surface area contributed by atoms with E-state index in [2.05, 4.69) is 11.2 Å². The summed E-state index contributed by atoms with van der Waals surface area (Å²) < 4.78 is 4.75. The SMILES string of the molecule is C#CCN1C(=O)C2C(c3ccc(C(=O)OC)cc3)NC(Cc3ccc4ccccc4c3)(C(=O)O)C2C1=O. The van der Waals surface area contributed by atoms with E-state index < -0.39 is 47.2 Å². The molecule has 2 heterocycles. The van der Waals surface area contributed by atoms with Crippen molar-refractivity contribution in [3.8, 4) is 12.3 Å². The molecule has 0 radical (unpaired) electrons. The Hall–Kier alpha value is -4.48. The third kappa shape index (κ3) is 3.85. The average molecular weight is 497 g/mol. The molecule has 0 aliphatic carbocycles. The number of imide groups is 1. The highest BCUT2D eigenvalue weighted by molar-refractivity contribution is 6.09. The minimum absolute atomic E-state index is 0.0198. The Bertz CT molecular complexity index is 1470. The molecule has 37 heavy (non-hydrogen) atoms. The molecule has 0 spiro atoms. The van der Waals surface area contributed by atoms with Gasteiger partial charge in [0.1, 0.15) is 5.54 Å². The number of carbonyl (C=O) groups is 4. The Kier molecular flexibility index (Phi) is 6.02. The number of nitrogens with one attached hydrogen (secondary N) is 1. The summed E-state index contributed by atoms with van der Waals surface area (Å²) in [5, 5.41) is 15.7. The normalized spacial score (nSPS) is 24.6. The smallest absolute Gasteiger partial charge is 0.337 e. The van der Waals surface area contributed by atoms with E-state index in [0.717, 1.165) is 15.7 Å². The fraction of sp³-hybridized carbons (Fsp3) is 0.241. The minimum Gasteiger partial charge on any atom is -0.480 e. The summed E-state index contributed by atoms with van der Waals surface area (Å²) >= 11 is 0. The van der Waals surface area contributed by atoms with Crippen molar-refractivity contribution >= 4 is 34.5 Å². The van der Waals surface area contributed by atoms with Crippen molar-refractivity contribution in [2.75, 3.05) is 13.7 Å². The van der Waals surface area contributed by atoms with Gasteiger partial charge in [-0.2, -0.15) is 0 Å². The predicted molar refractivity (Wildman–Crippen MR) is 134 cm³/mol. The standard InChI is InChI=1S/C29H24N2O6/c1-3-14-31-25(32)22-23(26(31)33)29(28(35)36,16-17-8-9-18-6-4-5-7-21(18)15-17)30-24(22)19-10-12-20(13-11-19)27(34)37-2/h1,4-13,15,22-24,30H,14,16H2,2H3,(H,35,36). The Morgan fingerprint density at radius 3 is 2.41 bits per heavy atom. The number of methoxy groups -OCH3 is 1. The van der Waals surface area contributed by atoms with Crippen molar-refractivity contribution in [2.45, 2.75) is 18.0 Å². The van der Waals surface area contributed by atoms with Crippen LogP contribution in [0.25, 0.3) is 10.8 Å². The highest BCUT2D eigenvalue weighted by Crippen LogP contribution is 2.50. The molecule has 5 rings (SSSR count). The number of likely N-dealkylation sites (tertiary alicyclic amines) is 1. The lowest BCUT2D eigenvalue weighted by Crippen LogP contribution is -2.57. The number of nitrogens with zero attached hydrogens (tertiary/aromatic N) is 1. The second-order valence-corrected chi connectivity index (χ2v) is 9.34. The third-order valence-electron chi connectivity index (χ3n) is 7.36. The highest BCUT2D eigenvalue weighted by atomic mass is 16.5. The molecule has 4 unspecified atom stereocenters. The van der Waals surface area contributed by atoms with Gasteiger partial charge in [0.25, 0.3) is 0 Å². The summed E-state index contributed by atoms with van der Waals surface area (Å²) in [6, 6.07) is 18.9. The molecule has 2 amide bonds. The van der Waals surface area contributed by atoms with Gasteiger partial charge in [-0.15, -0.1) is 6.42 Å². The molecule has 8 nitrogen and oxygen atoms in total. The number of terminal acetylenes is 1. The second kappa shape index (κ2) is 9.19. The minimum atomic E-state index is -1.76. The van der Waals surface area contributed by atoms with E-state index in [1.54, 1.807) is 24.3 Å². The lowest BCUT2D eigenvalue weighted by Gasteiger charge is -2.31. The highest BCUT2D eigenvalue weighted by Gasteiger charge is 2.68. The van der Waals surface area contributed by atoms with Crippen LogP contribution in [0.15, 0.2) is 66.7 Å². The molecular weight excluding hydrogens is 472 g/mol. The lowest BCUT2D eigenvalue weighted by molar-refractivity contribution is -0.151. The molecule has 0 saturated carbocycles. The molecule has 2 aliphatic rings. The molecule has 2 saturated heterocycles. The van der Waals surface area contributed by atoms with Crippen LogP contribution < -0.4 is 5.32 Å². The number of rotatable bonds is 6. The van der Waals surface area contributed by atoms with E-state index in [-0.39, 0.29) is 13.0 Å². The van der Waals surface area contributed by atoms with Crippen LogP contribution in [0.1, 0.15) is 27.5 Å². The molecule has 0 bridgehead atoms. The number of aliphatic carboxylic acids is 1. The zero-order valence-electron chi connectivity index (χ0n) is 20.0. The van der Waals surface area contributed by atoms with E-state index in [1.165, 1.54) is 7.11 Å². The Labute approximate surface area is 213 Å². The topological polar surface area (TPSA) is 113 Å². The maximum atomic E-state index is 13.5. The van der Waals surface area contributed by atoms with Crippen LogP contribution in [0.5, 0.6) is 0 Å². The van der Waals surface area contributed by atoms with Gasteiger partial charge in [-0.05, 0) is 34.0 Å². The van der Waals surface area contributed by atoms with Gasteiger partial charge in [-0.3, -0.25) is 24.6 Å². The van der Waals surface area contributed by atoms with Gasteiger partial charge >= 0.3 is 11.9 Å². The Morgan fingerprint density at radius 2 is 1.76 bits per heavy atom. The van der Waals surface area contributed by atoms with Gasteiger partial charge in [0.2, 0.25) is 11.8 Å². The van der Waals surface area contributed by atoms with Crippen LogP contribution in [-0.4, -0.2) is 53.0 Å². The van der Waals surface area contributed by atoms with Crippen molar-refractivity contribution < 1.29 is 29.0 Å². The van der Waals surface area contributed by atoms with Crippen LogP contribution in [0.4, 0.5) is 0 Å². The van der Waals surface area contributed by atoms with E-state index in [4.69, 9.17) is 11.2 Å². The predicted octanol–water partition coefficient (Wildman–Crippen LogP) is 2.57. The van der Waals surface area contributed by atoms with Gasteiger partial charge in [0.05, 0.1) is 31.1 Å². The van der Waals surface area contributed by atoms with E-state index in [0.29, 0.717) is 16.7 Å². The van der Waals surface area contributed by atoms with Crippen molar-refractivity contribution in [3.63, 3.8) is 0 Å². The van der Waals surface area contributed by atoms with Crippen LogP contribution in [0.3, 0.4) is 0 Å². The van der Waals surface area contributed by atoms with Crippen LogP contribution >= 0.6 is 0 Å². The zero-order chi connectivity index (χ0) is 26.3. The second-order valence-electron chi connectivity index (χ2n) is 9.34. The van der Waals surface area contributed by atoms with Crippen LogP contribution in [-0.2, 0) is 25.5 Å². The number of hydrogen-bond donors (Lipinski definition) is 2. The number of esters is 1. The number of carboxylic acids is 1. The molecule has 2 N–H and O–H groups in total. The molecule has 186 valence electrons. The Morgan fingerprint density at radius 1 is 1.05 bits per heavy atom. The maximum Gasteiger partial charge on any atom is 0.337 e. The average Bonchev–Trinajstić information content (AvgIpc) is 3.38. The van der Waals surface area contributed by atoms with E-state index >= 15 is 0 Å². The fourth-order valence-corrected chi connectivity index (χ4v) is 5.65. The first-order valence-corrected chi connectivity index (χ1v) is 11.8. The quantitative estimate of drug-likeness (QED) is 0.306. The van der Waals surface area contributed by atoms with Crippen molar-refractivity contribution in [1.29, 1.82) is 0 Å².